The van der Waals surface area contributed by atoms with Crippen molar-refractivity contribution in [2.75, 3.05) is 33.3 Å². The van der Waals surface area contributed by atoms with Crippen molar-refractivity contribution in [2.24, 2.45) is 11.8 Å². The summed E-state index contributed by atoms with van der Waals surface area (Å²) in [7, 11) is 1.35. The Morgan fingerprint density at radius 2 is 1.95 bits per heavy atom. The average molecular weight is 305 g/mol. The lowest BCUT2D eigenvalue weighted by molar-refractivity contribution is -0.143. The van der Waals surface area contributed by atoms with Crippen LogP contribution in [0, 0.1) is 11.8 Å². The Bertz CT molecular complexity index is 515. The Balaban J connectivity index is 1.45. The number of rotatable bonds is 5. The zero-order valence-electron chi connectivity index (χ0n) is 13.0. The summed E-state index contributed by atoms with van der Waals surface area (Å²) in [6, 6.07) is 4.13. The average Bonchev–Trinajstić information content (AvgIpc) is 3.20. The van der Waals surface area contributed by atoms with E-state index >= 15 is 0 Å². The summed E-state index contributed by atoms with van der Waals surface area (Å²) in [4.78, 5) is 30.9. The van der Waals surface area contributed by atoms with Gasteiger partial charge in [-0.05, 0) is 24.0 Å². The predicted molar refractivity (Wildman–Crippen MR) is 80.9 cm³/mol. The summed E-state index contributed by atoms with van der Waals surface area (Å²) in [5, 5.41) is 0. The number of aromatic nitrogens is 1. The molecule has 1 amide bonds. The number of ether oxygens (including phenoxy) is 1. The first-order chi connectivity index (χ1) is 10.7. The van der Waals surface area contributed by atoms with Crippen LogP contribution in [0.1, 0.15) is 18.5 Å². The summed E-state index contributed by atoms with van der Waals surface area (Å²) in [5.74, 6) is 0.898. The second-order valence-corrected chi connectivity index (χ2v) is 6.28. The van der Waals surface area contributed by atoms with Gasteiger partial charge in [0.2, 0.25) is 5.91 Å². The summed E-state index contributed by atoms with van der Waals surface area (Å²) >= 11 is 0. The van der Waals surface area contributed by atoms with Crippen molar-refractivity contribution in [3.05, 3.63) is 24.0 Å². The topological polar surface area (TPSA) is 65.6 Å². The van der Waals surface area contributed by atoms with E-state index < -0.39 is 0 Å². The zero-order valence-corrected chi connectivity index (χ0v) is 13.0. The van der Waals surface area contributed by atoms with Crippen LogP contribution < -0.4 is 0 Å². The summed E-state index contributed by atoms with van der Waals surface area (Å²) in [6.45, 7) is 4.70. The van der Waals surface area contributed by atoms with Gasteiger partial charge in [-0.25, -0.2) is 0 Å². The molecule has 22 heavy (non-hydrogen) atoms. The number of nitrogens with zero attached hydrogens (tertiary/aromatic N) is 2. The Kier molecular flexibility index (Phi) is 4.47. The van der Waals surface area contributed by atoms with E-state index in [9.17, 15) is 9.59 Å². The molecule has 1 N–H and O–H groups in total. The third-order valence-electron chi connectivity index (χ3n) is 4.74. The molecule has 0 unspecified atom stereocenters. The number of nitrogens with one attached hydrogen (secondary N) is 1. The Morgan fingerprint density at radius 3 is 2.55 bits per heavy atom. The molecule has 6 heteroatoms. The maximum Gasteiger partial charge on any atom is 0.306 e. The third-order valence-corrected chi connectivity index (χ3v) is 4.74. The van der Waals surface area contributed by atoms with Gasteiger partial charge in [0.1, 0.15) is 0 Å². The number of hydrogen-bond donors (Lipinski definition) is 1. The van der Waals surface area contributed by atoms with Crippen molar-refractivity contribution in [1.29, 1.82) is 0 Å². The molecule has 3 rings (SSSR count). The van der Waals surface area contributed by atoms with Gasteiger partial charge in [-0.15, -0.1) is 0 Å². The molecule has 1 aromatic rings. The molecule has 0 radical (unpaired) electrons. The highest BCUT2D eigenvalue weighted by Gasteiger charge is 2.41. The van der Waals surface area contributed by atoms with Crippen LogP contribution in [0.4, 0.5) is 0 Å². The van der Waals surface area contributed by atoms with Crippen LogP contribution in [0.2, 0.25) is 0 Å². The minimum Gasteiger partial charge on any atom is -0.469 e. The number of aromatic amines is 1. The monoisotopic (exact) mass is 305 g/mol. The SMILES string of the molecule is COC(=O)CCC(=O)N1C[C@H]2CN(Cc3ccc[nH]3)C[C@H]2C1. The van der Waals surface area contributed by atoms with Crippen molar-refractivity contribution in [3.63, 3.8) is 0 Å². The van der Waals surface area contributed by atoms with Crippen molar-refractivity contribution in [3.8, 4) is 0 Å². The van der Waals surface area contributed by atoms with Crippen molar-refractivity contribution in [2.45, 2.75) is 19.4 Å². The standard InChI is InChI=1S/C16H23N3O3/c1-22-16(21)5-4-15(20)19-9-12-7-18(8-13(12)10-19)11-14-3-2-6-17-14/h2-3,6,12-13,17H,4-5,7-11H2,1H3/t12-,13+. The van der Waals surface area contributed by atoms with Crippen LogP contribution in [0.5, 0.6) is 0 Å². The van der Waals surface area contributed by atoms with Crippen molar-refractivity contribution < 1.29 is 14.3 Å². The number of H-pyrrole nitrogens is 1. The lowest BCUT2D eigenvalue weighted by Crippen LogP contribution is -2.33. The second-order valence-electron chi connectivity index (χ2n) is 6.28. The number of methoxy groups -OCH3 is 1. The molecule has 120 valence electrons. The smallest absolute Gasteiger partial charge is 0.306 e. The Labute approximate surface area is 130 Å². The van der Waals surface area contributed by atoms with E-state index in [1.165, 1.54) is 12.8 Å². The van der Waals surface area contributed by atoms with E-state index in [0.717, 1.165) is 32.7 Å². The van der Waals surface area contributed by atoms with E-state index in [0.29, 0.717) is 11.8 Å². The van der Waals surface area contributed by atoms with E-state index in [1.54, 1.807) is 0 Å². The Morgan fingerprint density at radius 1 is 1.23 bits per heavy atom. The maximum absolute atomic E-state index is 12.1. The molecular formula is C16H23N3O3. The lowest BCUT2D eigenvalue weighted by Gasteiger charge is -2.21. The van der Waals surface area contributed by atoms with E-state index in [-0.39, 0.29) is 24.7 Å². The molecule has 0 aromatic carbocycles. The first kappa shape index (κ1) is 15.1. The van der Waals surface area contributed by atoms with Crippen LogP contribution in [-0.2, 0) is 20.9 Å². The predicted octanol–water partition coefficient (Wildman–Crippen LogP) is 0.858. The first-order valence-corrected chi connectivity index (χ1v) is 7.85. The number of esters is 1. The summed E-state index contributed by atoms with van der Waals surface area (Å²) in [5.41, 5.74) is 1.24. The summed E-state index contributed by atoms with van der Waals surface area (Å²) < 4.78 is 4.58. The Hall–Kier alpha value is -1.82. The number of carbonyl (C=O) groups excluding carboxylic acids is 2. The highest BCUT2D eigenvalue weighted by Crippen LogP contribution is 2.32. The summed E-state index contributed by atoms with van der Waals surface area (Å²) in [6.07, 6.45) is 2.40. The molecule has 0 bridgehead atoms. The third kappa shape index (κ3) is 3.32. The highest BCUT2D eigenvalue weighted by atomic mass is 16.5. The molecule has 0 saturated carbocycles. The number of amides is 1. The highest BCUT2D eigenvalue weighted by molar-refractivity contribution is 5.81. The van der Waals surface area contributed by atoms with Gasteiger partial charge in [0.25, 0.3) is 0 Å². The molecule has 0 aliphatic carbocycles. The van der Waals surface area contributed by atoms with Gasteiger partial charge < -0.3 is 14.6 Å². The second kappa shape index (κ2) is 6.52. The fourth-order valence-corrected chi connectivity index (χ4v) is 3.60. The van der Waals surface area contributed by atoms with Crippen molar-refractivity contribution >= 4 is 11.9 Å². The van der Waals surface area contributed by atoms with Gasteiger partial charge in [0.05, 0.1) is 13.5 Å². The van der Waals surface area contributed by atoms with Gasteiger partial charge in [0.15, 0.2) is 0 Å². The fourth-order valence-electron chi connectivity index (χ4n) is 3.60. The van der Waals surface area contributed by atoms with Crippen molar-refractivity contribution in [1.82, 2.24) is 14.8 Å². The first-order valence-electron chi connectivity index (χ1n) is 7.85. The van der Waals surface area contributed by atoms with Crippen LogP contribution in [-0.4, -0.2) is 59.9 Å². The van der Waals surface area contributed by atoms with E-state index in [4.69, 9.17) is 0 Å². The van der Waals surface area contributed by atoms with Gasteiger partial charge in [-0.3, -0.25) is 14.5 Å². The normalized spacial score (nSPS) is 24.5. The molecule has 0 spiro atoms. The molecule has 2 saturated heterocycles. The largest absolute Gasteiger partial charge is 0.469 e. The van der Waals surface area contributed by atoms with E-state index in [1.807, 2.05) is 17.2 Å². The molecule has 2 aliphatic heterocycles. The maximum atomic E-state index is 12.1. The lowest BCUT2D eigenvalue weighted by atomic mass is 10.0. The number of hydrogen-bond acceptors (Lipinski definition) is 4. The van der Waals surface area contributed by atoms with Crippen LogP contribution in [0.15, 0.2) is 18.3 Å². The van der Waals surface area contributed by atoms with Gasteiger partial charge >= 0.3 is 5.97 Å². The molecule has 1 aromatic heterocycles. The van der Waals surface area contributed by atoms with Gasteiger partial charge in [-0.2, -0.15) is 0 Å². The van der Waals surface area contributed by atoms with Crippen LogP contribution >= 0.6 is 0 Å². The number of carbonyl (C=O) groups is 2. The number of fused-ring (bicyclic) bond motifs is 1. The van der Waals surface area contributed by atoms with Gasteiger partial charge in [0, 0.05) is 51.0 Å². The minimum absolute atomic E-state index is 0.0794. The molecular weight excluding hydrogens is 282 g/mol. The molecule has 2 fully saturated rings. The molecule has 2 aliphatic rings. The minimum atomic E-state index is -0.315. The van der Waals surface area contributed by atoms with Crippen LogP contribution in [0.3, 0.4) is 0 Å². The quantitative estimate of drug-likeness (QED) is 0.819. The molecule has 3 heterocycles. The van der Waals surface area contributed by atoms with Crippen LogP contribution in [0.25, 0.3) is 0 Å². The molecule has 6 nitrogen and oxygen atoms in total. The van der Waals surface area contributed by atoms with Gasteiger partial charge in [-0.1, -0.05) is 0 Å². The molecule has 2 atom stereocenters. The fraction of sp³-hybridized carbons (Fsp3) is 0.625. The van der Waals surface area contributed by atoms with E-state index in [2.05, 4.69) is 20.7 Å². The number of likely N-dealkylation sites (tertiary alicyclic amines) is 2. The zero-order chi connectivity index (χ0) is 15.5.